The molecule has 0 amide bonds. The van der Waals surface area contributed by atoms with E-state index in [1.807, 2.05) is 0 Å². The Hall–Kier alpha value is -0.520. The number of allylic oxidation sites excluding steroid dienone is 4. The second-order valence-electron chi connectivity index (χ2n) is 3.32. The Morgan fingerprint density at radius 1 is 0.846 bits per heavy atom. The standard InChI is InChI=1S/C13H23/c1-3-5-7-9-11-13-12-10-8-6-4-2/h4,6,12-13H,1,3,5,7-11H2,2H3/b6-4-,13-12-. The van der Waals surface area contributed by atoms with Crippen LogP contribution in [0.4, 0.5) is 0 Å². The molecule has 0 unspecified atom stereocenters. The third-order valence-corrected chi connectivity index (χ3v) is 2.02. The number of hydrogen-bond acceptors (Lipinski definition) is 0. The average Bonchev–Trinajstić information content (AvgIpc) is 2.16. The van der Waals surface area contributed by atoms with E-state index in [2.05, 4.69) is 38.2 Å². The maximum atomic E-state index is 3.83. The zero-order valence-electron chi connectivity index (χ0n) is 8.97. The lowest BCUT2D eigenvalue weighted by atomic mass is 10.1. The topological polar surface area (TPSA) is 0 Å². The van der Waals surface area contributed by atoms with Crippen molar-refractivity contribution < 1.29 is 0 Å². The van der Waals surface area contributed by atoms with Crippen LogP contribution < -0.4 is 0 Å². The van der Waals surface area contributed by atoms with E-state index in [1.165, 1.54) is 38.5 Å². The molecule has 0 N–H and O–H groups in total. The molecule has 0 aliphatic carbocycles. The predicted molar refractivity (Wildman–Crippen MR) is 61.6 cm³/mol. The first-order valence-corrected chi connectivity index (χ1v) is 5.47. The molecule has 75 valence electrons. The molecule has 1 radical (unpaired) electrons. The van der Waals surface area contributed by atoms with Crippen LogP contribution >= 0.6 is 0 Å². The molecule has 13 heavy (non-hydrogen) atoms. The first-order valence-electron chi connectivity index (χ1n) is 5.47. The summed E-state index contributed by atoms with van der Waals surface area (Å²) in [4.78, 5) is 0. The molecule has 0 aliphatic rings. The molecular formula is C13H23. The van der Waals surface area contributed by atoms with Gasteiger partial charge in [0.1, 0.15) is 0 Å². The summed E-state index contributed by atoms with van der Waals surface area (Å²) in [5, 5.41) is 0. The molecule has 0 fully saturated rings. The first-order chi connectivity index (χ1) is 6.41. The van der Waals surface area contributed by atoms with Crippen molar-refractivity contribution in [1.82, 2.24) is 0 Å². The largest absolute Gasteiger partial charge is 0.0917 e. The third kappa shape index (κ3) is 11.5. The van der Waals surface area contributed by atoms with Crippen LogP contribution in [0.1, 0.15) is 51.9 Å². The maximum absolute atomic E-state index is 3.83. The van der Waals surface area contributed by atoms with Crippen LogP contribution in [-0.4, -0.2) is 0 Å². The van der Waals surface area contributed by atoms with Crippen molar-refractivity contribution in [1.29, 1.82) is 0 Å². The zero-order chi connectivity index (χ0) is 9.78. The van der Waals surface area contributed by atoms with Crippen LogP contribution in [0.25, 0.3) is 0 Å². The van der Waals surface area contributed by atoms with Crippen LogP contribution in [0.3, 0.4) is 0 Å². The monoisotopic (exact) mass is 179 g/mol. The Kier molecular flexibility index (Phi) is 11.0. The Balaban J connectivity index is 3.03. The lowest BCUT2D eigenvalue weighted by molar-refractivity contribution is 0.694. The van der Waals surface area contributed by atoms with Crippen molar-refractivity contribution in [3.8, 4) is 0 Å². The summed E-state index contributed by atoms with van der Waals surface area (Å²) in [6.07, 6.45) is 17.6. The summed E-state index contributed by atoms with van der Waals surface area (Å²) in [5.41, 5.74) is 0. The molecule has 0 atom stereocenters. The molecule has 0 heteroatoms. The fourth-order valence-electron chi connectivity index (χ4n) is 1.21. The number of hydrogen-bond donors (Lipinski definition) is 0. The SMILES string of the molecule is [CH2]CCCCC/C=C\CC/C=C\C. The number of rotatable bonds is 8. The van der Waals surface area contributed by atoms with Crippen molar-refractivity contribution in [2.45, 2.75) is 51.9 Å². The van der Waals surface area contributed by atoms with Gasteiger partial charge in [-0.25, -0.2) is 0 Å². The van der Waals surface area contributed by atoms with Crippen molar-refractivity contribution in [3.05, 3.63) is 31.2 Å². The second kappa shape index (κ2) is 11.5. The average molecular weight is 179 g/mol. The van der Waals surface area contributed by atoms with Crippen LogP contribution in [0.2, 0.25) is 0 Å². The zero-order valence-corrected chi connectivity index (χ0v) is 8.97. The van der Waals surface area contributed by atoms with Gasteiger partial charge >= 0.3 is 0 Å². The van der Waals surface area contributed by atoms with E-state index in [0.29, 0.717) is 0 Å². The fraction of sp³-hybridized carbons (Fsp3) is 0.615. The minimum atomic E-state index is 1.09. The van der Waals surface area contributed by atoms with Gasteiger partial charge in [0.15, 0.2) is 0 Å². The molecule has 0 aromatic rings. The summed E-state index contributed by atoms with van der Waals surface area (Å²) in [5.74, 6) is 0. The van der Waals surface area contributed by atoms with E-state index in [0.717, 1.165) is 6.42 Å². The summed E-state index contributed by atoms with van der Waals surface area (Å²) < 4.78 is 0. The maximum Gasteiger partial charge on any atom is -0.0316 e. The molecule has 0 bridgehead atoms. The predicted octanol–water partition coefficient (Wildman–Crippen LogP) is 4.68. The van der Waals surface area contributed by atoms with E-state index in [4.69, 9.17) is 0 Å². The van der Waals surface area contributed by atoms with Gasteiger partial charge in [-0.1, -0.05) is 50.5 Å². The molecular weight excluding hydrogens is 156 g/mol. The highest BCUT2D eigenvalue weighted by molar-refractivity contribution is 4.86. The van der Waals surface area contributed by atoms with Crippen LogP contribution in [0.5, 0.6) is 0 Å². The van der Waals surface area contributed by atoms with E-state index in [-0.39, 0.29) is 0 Å². The van der Waals surface area contributed by atoms with Crippen LogP contribution in [0.15, 0.2) is 24.3 Å². The van der Waals surface area contributed by atoms with Gasteiger partial charge in [0, 0.05) is 0 Å². The van der Waals surface area contributed by atoms with Gasteiger partial charge in [-0.05, 0) is 32.6 Å². The lowest BCUT2D eigenvalue weighted by Gasteiger charge is -1.93. The molecule has 0 aromatic carbocycles. The quantitative estimate of drug-likeness (QED) is 0.375. The number of unbranched alkanes of at least 4 members (excludes halogenated alkanes) is 5. The van der Waals surface area contributed by atoms with Gasteiger partial charge in [0.2, 0.25) is 0 Å². The van der Waals surface area contributed by atoms with Crippen LogP contribution in [-0.2, 0) is 0 Å². The van der Waals surface area contributed by atoms with Gasteiger partial charge < -0.3 is 0 Å². The Morgan fingerprint density at radius 3 is 2.23 bits per heavy atom. The smallest absolute Gasteiger partial charge is 0.0316 e. The van der Waals surface area contributed by atoms with Gasteiger partial charge in [-0.3, -0.25) is 0 Å². The molecule has 0 aliphatic heterocycles. The van der Waals surface area contributed by atoms with Crippen molar-refractivity contribution in [3.63, 3.8) is 0 Å². The third-order valence-electron chi connectivity index (χ3n) is 2.02. The molecule has 0 saturated heterocycles. The highest BCUT2D eigenvalue weighted by Gasteiger charge is 1.83. The van der Waals surface area contributed by atoms with E-state index < -0.39 is 0 Å². The summed E-state index contributed by atoms with van der Waals surface area (Å²) in [6, 6.07) is 0. The second-order valence-corrected chi connectivity index (χ2v) is 3.32. The Labute approximate surface area is 83.7 Å². The molecule has 0 spiro atoms. The minimum absolute atomic E-state index is 1.09. The highest BCUT2D eigenvalue weighted by atomic mass is 13.9. The summed E-state index contributed by atoms with van der Waals surface area (Å²) in [7, 11) is 0. The van der Waals surface area contributed by atoms with Crippen molar-refractivity contribution >= 4 is 0 Å². The fourth-order valence-corrected chi connectivity index (χ4v) is 1.21. The van der Waals surface area contributed by atoms with Crippen LogP contribution in [0, 0.1) is 6.92 Å². The summed E-state index contributed by atoms with van der Waals surface area (Å²) in [6.45, 7) is 5.90. The van der Waals surface area contributed by atoms with E-state index in [9.17, 15) is 0 Å². The minimum Gasteiger partial charge on any atom is -0.0917 e. The van der Waals surface area contributed by atoms with E-state index in [1.54, 1.807) is 0 Å². The van der Waals surface area contributed by atoms with Gasteiger partial charge in [-0.15, -0.1) is 0 Å². The molecule has 0 nitrogen and oxygen atoms in total. The molecule has 0 rings (SSSR count). The van der Waals surface area contributed by atoms with Crippen molar-refractivity contribution in [2.24, 2.45) is 0 Å². The van der Waals surface area contributed by atoms with E-state index >= 15 is 0 Å². The van der Waals surface area contributed by atoms with Gasteiger partial charge in [0.05, 0.1) is 0 Å². The Morgan fingerprint density at radius 2 is 1.54 bits per heavy atom. The lowest BCUT2D eigenvalue weighted by Crippen LogP contribution is -1.73. The van der Waals surface area contributed by atoms with Gasteiger partial charge in [0.25, 0.3) is 0 Å². The Bertz CT molecular complexity index is 131. The molecule has 0 heterocycles. The molecule has 0 saturated carbocycles. The van der Waals surface area contributed by atoms with Gasteiger partial charge in [-0.2, -0.15) is 0 Å². The first kappa shape index (κ1) is 12.5. The normalized spacial score (nSPS) is 11.8. The van der Waals surface area contributed by atoms with Crippen molar-refractivity contribution in [2.75, 3.05) is 0 Å². The highest BCUT2D eigenvalue weighted by Crippen LogP contribution is 2.03. The summed E-state index contributed by atoms with van der Waals surface area (Å²) >= 11 is 0. The molecule has 0 aromatic heterocycles.